The van der Waals surface area contributed by atoms with Crippen molar-refractivity contribution in [3.63, 3.8) is 0 Å². The second-order valence-corrected chi connectivity index (χ2v) is 5.16. The van der Waals surface area contributed by atoms with Crippen LogP contribution in [-0.2, 0) is 4.74 Å². The zero-order chi connectivity index (χ0) is 15.1. The lowest BCUT2D eigenvalue weighted by atomic mass is 10.0. The second kappa shape index (κ2) is 7.82. The number of ether oxygens (including phenoxy) is 1. The molecule has 0 spiro atoms. The fraction of sp³-hybridized carbons (Fsp3) is 0.471. The van der Waals surface area contributed by atoms with Gasteiger partial charge in [0.25, 0.3) is 5.91 Å². The van der Waals surface area contributed by atoms with Crippen molar-refractivity contribution >= 4 is 5.91 Å². The topological polar surface area (TPSA) is 58.6 Å². The first-order valence-electron chi connectivity index (χ1n) is 7.31. The Bertz CT molecular complexity index is 544. The van der Waals surface area contributed by atoms with E-state index in [-0.39, 0.29) is 18.6 Å². The average molecular weight is 287 g/mol. The van der Waals surface area contributed by atoms with E-state index in [1.165, 1.54) is 0 Å². The number of benzene rings is 1. The molecule has 0 aliphatic carbocycles. The van der Waals surface area contributed by atoms with Gasteiger partial charge in [0.2, 0.25) is 0 Å². The molecule has 21 heavy (non-hydrogen) atoms. The Labute approximate surface area is 125 Å². The van der Waals surface area contributed by atoms with Gasteiger partial charge in [0, 0.05) is 31.1 Å². The van der Waals surface area contributed by atoms with Crippen LogP contribution >= 0.6 is 0 Å². The smallest absolute Gasteiger partial charge is 0.252 e. The Morgan fingerprint density at radius 3 is 3.00 bits per heavy atom. The lowest BCUT2D eigenvalue weighted by molar-refractivity contribution is 0.0907. The molecule has 2 N–H and O–H groups in total. The first-order chi connectivity index (χ1) is 10.2. The Morgan fingerprint density at radius 2 is 2.29 bits per heavy atom. The Hall–Kier alpha value is -1.83. The quantitative estimate of drug-likeness (QED) is 0.827. The predicted octanol–water partition coefficient (Wildman–Crippen LogP) is 1.58. The van der Waals surface area contributed by atoms with E-state index in [0.29, 0.717) is 30.0 Å². The molecule has 4 heteroatoms. The third kappa shape index (κ3) is 4.32. The number of amides is 1. The third-order valence-electron chi connectivity index (χ3n) is 3.69. The zero-order valence-corrected chi connectivity index (χ0v) is 12.3. The maximum Gasteiger partial charge on any atom is 0.252 e. The molecule has 2 atom stereocenters. The van der Waals surface area contributed by atoms with Crippen LogP contribution in [0.4, 0.5) is 0 Å². The number of rotatable bonds is 4. The number of aliphatic hydroxyl groups excluding tert-OH is 1. The standard InChI is InChI=1S/C17H21NO3/c1-13-15(9-11-21-13)12-18-17(20)16-8-3-2-6-14(16)7-4-5-10-19/h2-3,6,8,13,15,19H,5,9-12H2,1H3,(H,18,20). The largest absolute Gasteiger partial charge is 0.395 e. The van der Waals surface area contributed by atoms with Gasteiger partial charge in [-0.1, -0.05) is 24.0 Å². The van der Waals surface area contributed by atoms with Gasteiger partial charge in [-0.25, -0.2) is 0 Å². The predicted molar refractivity (Wildman–Crippen MR) is 80.9 cm³/mol. The molecular weight excluding hydrogens is 266 g/mol. The van der Waals surface area contributed by atoms with E-state index in [0.717, 1.165) is 13.0 Å². The van der Waals surface area contributed by atoms with E-state index in [9.17, 15) is 4.79 Å². The van der Waals surface area contributed by atoms with E-state index < -0.39 is 0 Å². The SMILES string of the molecule is CC1OCCC1CNC(=O)c1ccccc1C#CCCO. The van der Waals surface area contributed by atoms with Crippen molar-refractivity contribution in [2.75, 3.05) is 19.8 Å². The average Bonchev–Trinajstić information content (AvgIpc) is 2.91. The summed E-state index contributed by atoms with van der Waals surface area (Å²) >= 11 is 0. The van der Waals surface area contributed by atoms with Crippen molar-refractivity contribution < 1.29 is 14.6 Å². The number of aliphatic hydroxyl groups is 1. The Kier molecular flexibility index (Phi) is 5.79. The summed E-state index contributed by atoms with van der Waals surface area (Å²) in [5.74, 6) is 6.06. The number of carbonyl (C=O) groups excluding carboxylic acids is 1. The molecule has 1 aromatic rings. The van der Waals surface area contributed by atoms with E-state index >= 15 is 0 Å². The van der Waals surface area contributed by atoms with Crippen molar-refractivity contribution in [2.24, 2.45) is 5.92 Å². The maximum atomic E-state index is 12.3. The van der Waals surface area contributed by atoms with Crippen LogP contribution in [-0.4, -0.2) is 36.9 Å². The molecular formula is C17H21NO3. The summed E-state index contributed by atoms with van der Waals surface area (Å²) in [5, 5.41) is 11.7. The van der Waals surface area contributed by atoms with Gasteiger partial charge in [-0.2, -0.15) is 0 Å². The molecule has 0 radical (unpaired) electrons. The minimum Gasteiger partial charge on any atom is -0.395 e. The monoisotopic (exact) mass is 287 g/mol. The highest BCUT2D eigenvalue weighted by molar-refractivity contribution is 5.96. The van der Waals surface area contributed by atoms with Crippen LogP contribution in [0.1, 0.15) is 35.7 Å². The number of hydrogen-bond acceptors (Lipinski definition) is 3. The third-order valence-corrected chi connectivity index (χ3v) is 3.69. The Morgan fingerprint density at radius 1 is 1.48 bits per heavy atom. The molecule has 1 saturated heterocycles. The van der Waals surface area contributed by atoms with E-state index in [1.54, 1.807) is 6.07 Å². The summed E-state index contributed by atoms with van der Waals surface area (Å²) in [6, 6.07) is 7.27. The van der Waals surface area contributed by atoms with Crippen LogP contribution in [0.15, 0.2) is 24.3 Å². The van der Waals surface area contributed by atoms with Crippen molar-refractivity contribution in [2.45, 2.75) is 25.9 Å². The van der Waals surface area contributed by atoms with Crippen molar-refractivity contribution in [1.29, 1.82) is 0 Å². The van der Waals surface area contributed by atoms with Gasteiger partial charge in [0.05, 0.1) is 18.3 Å². The van der Waals surface area contributed by atoms with Crippen LogP contribution in [0.5, 0.6) is 0 Å². The molecule has 0 aromatic heterocycles. The fourth-order valence-corrected chi connectivity index (χ4v) is 2.37. The fourth-order valence-electron chi connectivity index (χ4n) is 2.37. The van der Waals surface area contributed by atoms with Gasteiger partial charge >= 0.3 is 0 Å². The zero-order valence-electron chi connectivity index (χ0n) is 12.3. The lowest BCUT2D eigenvalue weighted by Gasteiger charge is -2.15. The number of carbonyl (C=O) groups is 1. The summed E-state index contributed by atoms with van der Waals surface area (Å²) in [6.07, 6.45) is 1.59. The lowest BCUT2D eigenvalue weighted by Crippen LogP contribution is -2.32. The molecule has 112 valence electrons. The highest BCUT2D eigenvalue weighted by Crippen LogP contribution is 2.19. The second-order valence-electron chi connectivity index (χ2n) is 5.16. The molecule has 1 aliphatic rings. The molecule has 4 nitrogen and oxygen atoms in total. The van der Waals surface area contributed by atoms with E-state index in [1.807, 2.05) is 25.1 Å². The molecule has 1 heterocycles. The van der Waals surface area contributed by atoms with Crippen LogP contribution in [0, 0.1) is 17.8 Å². The molecule has 1 amide bonds. The van der Waals surface area contributed by atoms with Crippen LogP contribution < -0.4 is 5.32 Å². The summed E-state index contributed by atoms with van der Waals surface area (Å²) in [5.41, 5.74) is 1.27. The van der Waals surface area contributed by atoms with E-state index in [2.05, 4.69) is 17.2 Å². The molecule has 1 fully saturated rings. The van der Waals surface area contributed by atoms with Gasteiger partial charge in [0.15, 0.2) is 0 Å². The minimum absolute atomic E-state index is 0.0287. The molecule has 0 saturated carbocycles. The summed E-state index contributed by atoms with van der Waals surface area (Å²) in [4.78, 5) is 12.3. The number of nitrogens with one attached hydrogen (secondary N) is 1. The molecule has 1 aliphatic heterocycles. The van der Waals surface area contributed by atoms with E-state index in [4.69, 9.17) is 9.84 Å². The Balaban J connectivity index is 2.00. The van der Waals surface area contributed by atoms with Gasteiger partial charge in [-0.05, 0) is 25.5 Å². The van der Waals surface area contributed by atoms with Crippen LogP contribution in [0.25, 0.3) is 0 Å². The van der Waals surface area contributed by atoms with Gasteiger partial charge in [-0.3, -0.25) is 4.79 Å². The van der Waals surface area contributed by atoms with Gasteiger partial charge in [0.1, 0.15) is 0 Å². The van der Waals surface area contributed by atoms with Crippen molar-refractivity contribution in [3.05, 3.63) is 35.4 Å². The van der Waals surface area contributed by atoms with Crippen molar-refractivity contribution in [1.82, 2.24) is 5.32 Å². The maximum absolute atomic E-state index is 12.3. The highest BCUT2D eigenvalue weighted by Gasteiger charge is 2.24. The van der Waals surface area contributed by atoms with Gasteiger partial charge < -0.3 is 15.2 Å². The first kappa shape index (κ1) is 15.6. The van der Waals surface area contributed by atoms with Crippen LogP contribution in [0.3, 0.4) is 0 Å². The molecule has 1 aromatic carbocycles. The summed E-state index contributed by atoms with van der Waals surface area (Å²) in [6.45, 7) is 3.46. The molecule has 0 bridgehead atoms. The molecule has 2 rings (SSSR count). The van der Waals surface area contributed by atoms with Crippen LogP contribution in [0.2, 0.25) is 0 Å². The van der Waals surface area contributed by atoms with Crippen molar-refractivity contribution in [3.8, 4) is 11.8 Å². The normalized spacial score (nSPS) is 20.7. The molecule has 2 unspecified atom stereocenters. The number of hydrogen-bond donors (Lipinski definition) is 2. The minimum atomic E-state index is -0.108. The summed E-state index contributed by atoms with van der Waals surface area (Å²) in [7, 11) is 0. The highest BCUT2D eigenvalue weighted by atomic mass is 16.5. The first-order valence-corrected chi connectivity index (χ1v) is 7.31. The summed E-state index contributed by atoms with van der Waals surface area (Å²) < 4.78 is 5.50. The van der Waals surface area contributed by atoms with Gasteiger partial charge in [-0.15, -0.1) is 0 Å².